The Morgan fingerprint density at radius 3 is 2.81 bits per heavy atom. The fourth-order valence-corrected chi connectivity index (χ4v) is 3.86. The topological polar surface area (TPSA) is 59.2 Å². The second kappa shape index (κ2) is 7.13. The minimum atomic E-state index is 0.0405. The Labute approximate surface area is 160 Å². The number of benzene rings is 2. The van der Waals surface area contributed by atoms with Crippen LogP contribution in [0.1, 0.15) is 12.5 Å². The summed E-state index contributed by atoms with van der Waals surface area (Å²) in [5.41, 5.74) is 3.00. The summed E-state index contributed by atoms with van der Waals surface area (Å²) in [4.78, 5) is 14.6. The van der Waals surface area contributed by atoms with Crippen LogP contribution in [0.15, 0.2) is 58.2 Å². The van der Waals surface area contributed by atoms with Crippen molar-refractivity contribution in [3.05, 3.63) is 59.1 Å². The molecule has 0 fully saturated rings. The minimum absolute atomic E-state index is 0.0405. The van der Waals surface area contributed by atoms with Gasteiger partial charge in [0, 0.05) is 22.3 Å². The molecule has 0 saturated carbocycles. The van der Waals surface area contributed by atoms with Crippen LogP contribution in [0.3, 0.4) is 0 Å². The third-order valence-electron chi connectivity index (χ3n) is 4.29. The Morgan fingerprint density at radius 1 is 1.23 bits per heavy atom. The Balaban J connectivity index is 1.43. The molecular formula is C19H16ClN3O2S. The van der Waals surface area contributed by atoms with Gasteiger partial charge in [0.05, 0.1) is 5.75 Å². The molecule has 3 aromatic rings. The number of anilines is 1. The van der Waals surface area contributed by atoms with Crippen molar-refractivity contribution in [3.8, 4) is 11.5 Å². The number of hydrogen-bond acceptors (Lipinski definition) is 5. The van der Waals surface area contributed by atoms with Gasteiger partial charge in [-0.2, -0.15) is 0 Å². The minimum Gasteiger partial charge on any atom is -0.411 e. The summed E-state index contributed by atoms with van der Waals surface area (Å²) in [6.45, 7) is 2.06. The molecule has 2 heterocycles. The van der Waals surface area contributed by atoms with Crippen LogP contribution < -0.4 is 4.90 Å². The van der Waals surface area contributed by atoms with Gasteiger partial charge >= 0.3 is 0 Å². The first kappa shape index (κ1) is 17.1. The van der Waals surface area contributed by atoms with Crippen LogP contribution in [0, 0.1) is 0 Å². The number of aromatic nitrogens is 2. The predicted octanol–water partition coefficient (Wildman–Crippen LogP) is 4.46. The summed E-state index contributed by atoms with van der Waals surface area (Å²) in [5, 5.41) is 9.08. The number of carbonyl (C=O) groups excluding carboxylic acids is 1. The van der Waals surface area contributed by atoms with Gasteiger partial charge in [0.25, 0.3) is 5.22 Å². The number of halogens is 1. The van der Waals surface area contributed by atoms with Crippen LogP contribution in [-0.2, 0) is 11.2 Å². The monoisotopic (exact) mass is 385 g/mol. The lowest BCUT2D eigenvalue weighted by Gasteiger charge is -2.22. The molecule has 1 aliphatic heterocycles. The maximum absolute atomic E-state index is 12.7. The zero-order valence-electron chi connectivity index (χ0n) is 14.1. The molecule has 1 amide bonds. The molecule has 0 radical (unpaired) electrons. The number of fused-ring (bicyclic) bond motifs is 1. The molecule has 4 rings (SSSR count). The summed E-state index contributed by atoms with van der Waals surface area (Å²) < 4.78 is 5.65. The Kier molecular flexibility index (Phi) is 4.70. The van der Waals surface area contributed by atoms with Crippen LogP contribution in [-0.4, -0.2) is 27.9 Å². The van der Waals surface area contributed by atoms with Crippen molar-refractivity contribution in [2.75, 3.05) is 10.7 Å². The van der Waals surface area contributed by atoms with Gasteiger partial charge < -0.3 is 9.32 Å². The van der Waals surface area contributed by atoms with Gasteiger partial charge in [0.15, 0.2) is 0 Å². The standard InChI is InChI=1S/C19H16ClN3O2S/c1-12-10-14-4-2-3-5-16(14)23(12)17(24)11-26-19-22-21-18(25-19)13-6-8-15(20)9-7-13/h2-9,12H,10-11H2,1H3/t12-/m0/s1. The van der Waals surface area contributed by atoms with Crippen LogP contribution in [0.4, 0.5) is 5.69 Å². The highest BCUT2D eigenvalue weighted by atomic mass is 35.5. The smallest absolute Gasteiger partial charge is 0.277 e. The predicted molar refractivity (Wildman–Crippen MR) is 103 cm³/mol. The highest BCUT2D eigenvalue weighted by Gasteiger charge is 2.30. The van der Waals surface area contributed by atoms with Crippen molar-refractivity contribution in [2.24, 2.45) is 0 Å². The number of carbonyl (C=O) groups is 1. The van der Waals surface area contributed by atoms with Gasteiger partial charge in [-0.1, -0.05) is 41.6 Å². The Hall–Kier alpha value is -2.31. The highest BCUT2D eigenvalue weighted by molar-refractivity contribution is 7.99. The maximum atomic E-state index is 12.7. The summed E-state index contributed by atoms with van der Waals surface area (Å²) in [6, 6.07) is 15.4. The first-order chi connectivity index (χ1) is 12.6. The number of rotatable bonds is 4. The fourth-order valence-electron chi connectivity index (χ4n) is 3.12. The van der Waals surface area contributed by atoms with Crippen LogP contribution >= 0.6 is 23.4 Å². The number of para-hydroxylation sites is 1. The van der Waals surface area contributed by atoms with E-state index in [-0.39, 0.29) is 17.7 Å². The van der Waals surface area contributed by atoms with Crippen molar-refractivity contribution in [2.45, 2.75) is 24.6 Å². The normalized spacial score (nSPS) is 15.9. The van der Waals surface area contributed by atoms with Crippen LogP contribution in [0.2, 0.25) is 5.02 Å². The molecule has 1 aromatic heterocycles. The van der Waals surface area contributed by atoms with Crippen LogP contribution in [0.25, 0.3) is 11.5 Å². The molecule has 7 heteroatoms. The van der Waals surface area contributed by atoms with E-state index in [4.69, 9.17) is 16.0 Å². The molecule has 0 spiro atoms. The summed E-state index contributed by atoms with van der Waals surface area (Å²) in [5.74, 6) is 0.705. The molecular weight excluding hydrogens is 370 g/mol. The summed E-state index contributed by atoms with van der Waals surface area (Å²) in [7, 11) is 0. The van der Waals surface area contributed by atoms with E-state index < -0.39 is 0 Å². The Morgan fingerprint density at radius 2 is 2.00 bits per heavy atom. The molecule has 0 saturated heterocycles. The van der Waals surface area contributed by atoms with Gasteiger partial charge in [-0.3, -0.25) is 4.79 Å². The van der Waals surface area contributed by atoms with Crippen molar-refractivity contribution >= 4 is 35.0 Å². The average molecular weight is 386 g/mol. The lowest BCUT2D eigenvalue weighted by molar-refractivity contribution is -0.116. The molecule has 0 N–H and O–H groups in total. The van der Waals surface area contributed by atoms with E-state index in [9.17, 15) is 4.79 Å². The molecule has 0 aliphatic carbocycles. The van der Waals surface area contributed by atoms with Crippen LogP contribution in [0.5, 0.6) is 0 Å². The van der Waals surface area contributed by atoms with Crippen molar-refractivity contribution in [3.63, 3.8) is 0 Å². The van der Waals surface area contributed by atoms with E-state index in [1.54, 1.807) is 12.1 Å². The highest BCUT2D eigenvalue weighted by Crippen LogP contribution is 2.33. The molecule has 132 valence electrons. The number of amides is 1. The van der Waals surface area contributed by atoms with E-state index in [1.165, 1.54) is 17.3 Å². The summed E-state index contributed by atoms with van der Waals surface area (Å²) in [6.07, 6.45) is 0.883. The van der Waals surface area contributed by atoms with Crippen molar-refractivity contribution in [1.82, 2.24) is 10.2 Å². The van der Waals surface area contributed by atoms with Crippen molar-refractivity contribution in [1.29, 1.82) is 0 Å². The van der Waals surface area contributed by atoms with E-state index in [1.807, 2.05) is 35.2 Å². The zero-order chi connectivity index (χ0) is 18.1. The largest absolute Gasteiger partial charge is 0.411 e. The molecule has 0 bridgehead atoms. The fraction of sp³-hybridized carbons (Fsp3) is 0.211. The van der Waals surface area contributed by atoms with Gasteiger partial charge in [-0.05, 0) is 49.2 Å². The van der Waals surface area contributed by atoms with Gasteiger partial charge in [0.1, 0.15) is 0 Å². The van der Waals surface area contributed by atoms with Gasteiger partial charge in [0.2, 0.25) is 11.8 Å². The molecule has 5 nitrogen and oxygen atoms in total. The second-order valence-corrected chi connectivity index (χ2v) is 7.48. The average Bonchev–Trinajstić information content (AvgIpc) is 3.24. The van der Waals surface area contributed by atoms with E-state index >= 15 is 0 Å². The lowest BCUT2D eigenvalue weighted by Crippen LogP contribution is -2.36. The second-order valence-electron chi connectivity index (χ2n) is 6.11. The van der Waals surface area contributed by atoms with E-state index in [0.717, 1.165) is 17.7 Å². The SMILES string of the molecule is C[C@H]1Cc2ccccc2N1C(=O)CSc1nnc(-c2ccc(Cl)cc2)o1. The first-order valence-electron chi connectivity index (χ1n) is 8.24. The number of thioether (sulfide) groups is 1. The zero-order valence-corrected chi connectivity index (χ0v) is 15.6. The van der Waals surface area contributed by atoms with Crippen molar-refractivity contribution < 1.29 is 9.21 Å². The van der Waals surface area contributed by atoms with E-state index in [0.29, 0.717) is 16.1 Å². The molecule has 1 atom stereocenters. The number of nitrogens with zero attached hydrogens (tertiary/aromatic N) is 3. The third kappa shape index (κ3) is 3.34. The third-order valence-corrected chi connectivity index (χ3v) is 5.35. The molecule has 26 heavy (non-hydrogen) atoms. The maximum Gasteiger partial charge on any atom is 0.277 e. The molecule has 1 aliphatic rings. The molecule has 2 aromatic carbocycles. The van der Waals surface area contributed by atoms with Gasteiger partial charge in [-0.25, -0.2) is 0 Å². The molecule has 0 unspecified atom stereocenters. The summed E-state index contributed by atoms with van der Waals surface area (Å²) >= 11 is 7.14. The van der Waals surface area contributed by atoms with E-state index in [2.05, 4.69) is 23.2 Å². The quantitative estimate of drug-likeness (QED) is 0.620. The lowest BCUT2D eigenvalue weighted by atomic mass is 10.1. The number of hydrogen-bond donors (Lipinski definition) is 0. The first-order valence-corrected chi connectivity index (χ1v) is 9.60. The Bertz CT molecular complexity index is 942. The van der Waals surface area contributed by atoms with Gasteiger partial charge in [-0.15, -0.1) is 10.2 Å².